The fraction of sp³-hybridized carbons (Fsp3) is 0.643. The normalized spacial score (nSPS) is 23.9. The molecular formula is C14H22ClN3. The van der Waals surface area contributed by atoms with Gasteiger partial charge in [0.2, 0.25) is 0 Å². The standard InChI is InChI=1S/C14H22ClN3/c1-3-10-4-6-12(7-5-10)18(2)14-13(16)8-11(15)9-17-14/h8-10,12H,3-7,16H2,1-2H3. The molecule has 0 bridgehead atoms. The van der Waals surface area contributed by atoms with E-state index in [0.29, 0.717) is 16.8 Å². The van der Waals surface area contributed by atoms with Gasteiger partial charge < -0.3 is 10.6 Å². The molecule has 1 aromatic rings. The summed E-state index contributed by atoms with van der Waals surface area (Å²) in [5.41, 5.74) is 6.66. The molecule has 0 aliphatic heterocycles. The largest absolute Gasteiger partial charge is 0.396 e. The van der Waals surface area contributed by atoms with Crippen molar-refractivity contribution in [2.75, 3.05) is 17.7 Å². The number of hydrogen-bond donors (Lipinski definition) is 1. The van der Waals surface area contributed by atoms with Crippen LogP contribution in [-0.4, -0.2) is 18.1 Å². The van der Waals surface area contributed by atoms with E-state index in [1.165, 1.54) is 32.1 Å². The molecule has 1 aliphatic carbocycles. The Balaban J connectivity index is 2.05. The summed E-state index contributed by atoms with van der Waals surface area (Å²) in [5.74, 6) is 1.77. The van der Waals surface area contributed by atoms with Gasteiger partial charge in [-0.1, -0.05) is 24.9 Å². The number of aromatic nitrogens is 1. The molecule has 1 aromatic heterocycles. The molecule has 0 spiro atoms. The number of nitrogens with two attached hydrogens (primary N) is 1. The molecule has 2 rings (SSSR count). The topological polar surface area (TPSA) is 42.2 Å². The number of nitrogen functional groups attached to an aromatic ring is 1. The van der Waals surface area contributed by atoms with Gasteiger partial charge in [0, 0.05) is 19.3 Å². The van der Waals surface area contributed by atoms with Crippen LogP contribution in [0.4, 0.5) is 11.5 Å². The van der Waals surface area contributed by atoms with Crippen LogP contribution in [0.2, 0.25) is 5.02 Å². The van der Waals surface area contributed by atoms with Gasteiger partial charge in [0.25, 0.3) is 0 Å². The highest BCUT2D eigenvalue weighted by molar-refractivity contribution is 6.30. The number of rotatable bonds is 3. The van der Waals surface area contributed by atoms with Crippen LogP contribution in [0.25, 0.3) is 0 Å². The summed E-state index contributed by atoms with van der Waals surface area (Å²) in [6.07, 6.45) is 8.08. The van der Waals surface area contributed by atoms with E-state index in [0.717, 1.165) is 11.7 Å². The number of anilines is 2. The Kier molecular flexibility index (Phi) is 4.33. The number of pyridine rings is 1. The van der Waals surface area contributed by atoms with Crippen LogP contribution in [0.15, 0.2) is 12.3 Å². The molecule has 18 heavy (non-hydrogen) atoms. The van der Waals surface area contributed by atoms with E-state index in [-0.39, 0.29) is 0 Å². The maximum absolute atomic E-state index is 5.99. The Morgan fingerprint density at radius 3 is 2.61 bits per heavy atom. The summed E-state index contributed by atoms with van der Waals surface area (Å²) in [4.78, 5) is 6.58. The Bertz CT molecular complexity index is 400. The molecule has 1 aliphatic rings. The first-order valence-corrected chi connectivity index (χ1v) is 7.13. The molecule has 0 amide bonds. The second-order valence-corrected chi connectivity index (χ2v) is 5.70. The lowest BCUT2D eigenvalue weighted by molar-refractivity contribution is 0.313. The summed E-state index contributed by atoms with van der Waals surface area (Å²) >= 11 is 5.88. The molecule has 1 saturated carbocycles. The average Bonchev–Trinajstić information content (AvgIpc) is 2.38. The van der Waals surface area contributed by atoms with Crippen molar-refractivity contribution < 1.29 is 0 Å². The summed E-state index contributed by atoms with van der Waals surface area (Å²) in [6.45, 7) is 2.29. The van der Waals surface area contributed by atoms with E-state index in [4.69, 9.17) is 17.3 Å². The Morgan fingerprint density at radius 2 is 2.06 bits per heavy atom. The lowest BCUT2D eigenvalue weighted by Gasteiger charge is -2.35. The van der Waals surface area contributed by atoms with Gasteiger partial charge in [0.15, 0.2) is 5.82 Å². The molecular weight excluding hydrogens is 246 g/mol. The number of nitrogens with zero attached hydrogens (tertiary/aromatic N) is 2. The predicted octanol–water partition coefficient (Wildman–Crippen LogP) is 3.72. The van der Waals surface area contributed by atoms with E-state index in [1.54, 1.807) is 12.3 Å². The van der Waals surface area contributed by atoms with Crippen LogP contribution in [0.3, 0.4) is 0 Å². The monoisotopic (exact) mass is 267 g/mol. The molecule has 0 unspecified atom stereocenters. The average molecular weight is 268 g/mol. The lowest BCUT2D eigenvalue weighted by Crippen LogP contribution is -2.36. The van der Waals surface area contributed by atoms with Crippen LogP contribution >= 0.6 is 11.6 Å². The van der Waals surface area contributed by atoms with E-state index < -0.39 is 0 Å². The Hall–Kier alpha value is -0.960. The summed E-state index contributed by atoms with van der Waals surface area (Å²) in [7, 11) is 2.09. The van der Waals surface area contributed by atoms with Crippen LogP contribution in [0.1, 0.15) is 39.0 Å². The first-order chi connectivity index (χ1) is 8.61. The lowest BCUT2D eigenvalue weighted by atomic mass is 9.84. The van der Waals surface area contributed by atoms with Crippen molar-refractivity contribution in [3.63, 3.8) is 0 Å². The number of hydrogen-bond acceptors (Lipinski definition) is 3. The molecule has 2 N–H and O–H groups in total. The van der Waals surface area contributed by atoms with E-state index >= 15 is 0 Å². The quantitative estimate of drug-likeness (QED) is 0.908. The van der Waals surface area contributed by atoms with Crippen molar-refractivity contribution in [1.82, 2.24) is 4.98 Å². The first-order valence-electron chi connectivity index (χ1n) is 6.75. The molecule has 1 fully saturated rings. The van der Waals surface area contributed by atoms with Gasteiger partial charge in [-0.2, -0.15) is 0 Å². The van der Waals surface area contributed by atoms with Crippen LogP contribution in [0, 0.1) is 5.92 Å². The van der Waals surface area contributed by atoms with E-state index in [1.807, 2.05) is 0 Å². The second-order valence-electron chi connectivity index (χ2n) is 5.26. The van der Waals surface area contributed by atoms with Crippen molar-refractivity contribution in [1.29, 1.82) is 0 Å². The second kappa shape index (κ2) is 5.79. The van der Waals surface area contributed by atoms with Crippen LogP contribution in [-0.2, 0) is 0 Å². The van der Waals surface area contributed by atoms with Gasteiger partial charge in [0.05, 0.1) is 10.7 Å². The van der Waals surface area contributed by atoms with Crippen LogP contribution in [0.5, 0.6) is 0 Å². The third-order valence-electron chi connectivity index (χ3n) is 4.14. The van der Waals surface area contributed by atoms with Gasteiger partial charge in [0.1, 0.15) is 0 Å². The van der Waals surface area contributed by atoms with Gasteiger partial charge in [-0.15, -0.1) is 0 Å². The Morgan fingerprint density at radius 1 is 1.39 bits per heavy atom. The molecule has 3 nitrogen and oxygen atoms in total. The predicted molar refractivity (Wildman–Crippen MR) is 78.1 cm³/mol. The van der Waals surface area contributed by atoms with Crippen molar-refractivity contribution in [2.24, 2.45) is 5.92 Å². The fourth-order valence-corrected chi connectivity index (χ4v) is 3.02. The third-order valence-corrected chi connectivity index (χ3v) is 4.34. The highest BCUT2D eigenvalue weighted by Crippen LogP contribution is 2.32. The minimum Gasteiger partial charge on any atom is -0.396 e. The minimum atomic E-state index is 0.559. The van der Waals surface area contributed by atoms with Gasteiger partial charge >= 0.3 is 0 Å². The molecule has 0 aromatic carbocycles. The summed E-state index contributed by atoms with van der Waals surface area (Å²) in [6, 6.07) is 2.33. The van der Waals surface area contributed by atoms with Crippen molar-refractivity contribution in [2.45, 2.75) is 45.1 Å². The molecule has 100 valence electrons. The minimum absolute atomic E-state index is 0.559. The summed E-state index contributed by atoms with van der Waals surface area (Å²) in [5, 5.41) is 0.597. The zero-order valence-electron chi connectivity index (χ0n) is 11.2. The van der Waals surface area contributed by atoms with Crippen molar-refractivity contribution >= 4 is 23.1 Å². The molecule has 4 heteroatoms. The zero-order chi connectivity index (χ0) is 13.1. The highest BCUT2D eigenvalue weighted by atomic mass is 35.5. The van der Waals surface area contributed by atoms with Crippen LogP contribution < -0.4 is 10.6 Å². The van der Waals surface area contributed by atoms with Crippen molar-refractivity contribution in [3.8, 4) is 0 Å². The zero-order valence-corrected chi connectivity index (χ0v) is 12.0. The fourth-order valence-electron chi connectivity index (χ4n) is 2.86. The highest BCUT2D eigenvalue weighted by Gasteiger charge is 2.24. The van der Waals surface area contributed by atoms with Gasteiger partial charge in [-0.05, 0) is 37.7 Å². The molecule has 0 saturated heterocycles. The maximum Gasteiger partial charge on any atom is 0.151 e. The smallest absolute Gasteiger partial charge is 0.151 e. The van der Waals surface area contributed by atoms with E-state index in [2.05, 4.69) is 23.9 Å². The molecule has 0 atom stereocenters. The Labute approximate surface area is 114 Å². The van der Waals surface area contributed by atoms with Gasteiger partial charge in [-0.3, -0.25) is 0 Å². The first kappa shape index (κ1) is 13.5. The van der Waals surface area contributed by atoms with Gasteiger partial charge in [-0.25, -0.2) is 4.98 Å². The molecule has 1 heterocycles. The third kappa shape index (κ3) is 2.89. The summed E-state index contributed by atoms with van der Waals surface area (Å²) < 4.78 is 0. The molecule has 0 radical (unpaired) electrons. The van der Waals surface area contributed by atoms with Crippen molar-refractivity contribution in [3.05, 3.63) is 17.3 Å². The SMILES string of the molecule is CCC1CCC(N(C)c2ncc(Cl)cc2N)CC1. The number of halogens is 1. The van der Waals surface area contributed by atoms with E-state index in [9.17, 15) is 0 Å². The maximum atomic E-state index is 5.99.